The molecule has 2 N–H and O–H groups in total. The molecule has 3 atom stereocenters. The zero-order chi connectivity index (χ0) is 24.6. The van der Waals surface area contributed by atoms with Crippen molar-refractivity contribution < 1.29 is 19.1 Å². The summed E-state index contributed by atoms with van der Waals surface area (Å²) in [6, 6.07) is 8.88. The Bertz CT molecular complexity index is 1240. The molecule has 35 heavy (non-hydrogen) atoms. The largest absolute Gasteiger partial charge is 0.372 e. The Kier molecular flexibility index (Phi) is 6.51. The highest BCUT2D eigenvalue weighted by Crippen LogP contribution is 2.43. The number of thiophene rings is 1. The summed E-state index contributed by atoms with van der Waals surface area (Å²) in [5.41, 5.74) is 1.26. The SMILES string of the molecule is Cc1cc(NC(=O)C2(NC(=O)c3ccc(Cl)s3)CC3CCC2O3)ccc1N1CCOCC1=NC#N. The van der Waals surface area contributed by atoms with E-state index in [-0.39, 0.29) is 30.6 Å². The van der Waals surface area contributed by atoms with Gasteiger partial charge in [0.25, 0.3) is 11.8 Å². The lowest BCUT2D eigenvalue weighted by Crippen LogP contribution is -2.62. The Labute approximate surface area is 211 Å². The van der Waals surface area contributed by atoms with Gasteiger partial charge in [-0.2, -0.15) is 10.3 Å². The highest BCUT2D eigenvalue weighted by molar-refractivity contribution is 7.18. The fourth-order valence-electron chi connectivity index (χ4n) is 5.05. The highest BCUT2D eigenvalue weighted by atomic mass is 35.5. The van der Waals surface area contributed by atoms with Crippen LogP contribution in [0.5, 0.6) is 0 Å². The van der Waals surface area contributed by atoms with E-state index in [4.69, 9.17) is 26.3 Å². The van der Waals surface area contributed by atoms with Crippen LogP contribution in [0.25, 0.3) is 0 Å². The number of amidine groups is 1. The van der Waals surface area contributed by atoms with Gasteiger partial charge in [0, 0.05) is 24.3 Å². The molecule has 5 rings (SSSR count). The van der Waals surface area contributed by atoms with Crippen molar-refractivity contribution >= 4 is 52.0 Å². The van der Waals surface area contributed by atoms with E-state index >= 15 is 0 Å². The molecule has 3 aliphatic rings. The van der Waals surface area contributed by atoms with Gasteiger partial charge in [-0.15, -0.1) is 11.3 Å². The van der Waals surface area contributed by atoms with E-state index in [1.165, 1.54) is 11.3 Å². The summed E-state index contributed by atoms with van der Waals surface area (Å²) >= 11 is 7.17. The maximum atomic E-state index is 13.6. The maximum absolute atomic E-state index is 13.6. The molecule has 4 heterocycles. The minimum absolute atomic E-state index is 0.0544. The van der Waals surface area contributed by atoms with Gasteiger partial charge >= 0.3 is 0 Å². The number of carbonyl (C=O) groups is 2. The van der Waals surface area contributed by atoms with E-state index < -0.39 is 5.54 Å². The first-order valence-electron chi connectivity index (χ1n) is 11.4. The summed E-state index contributed by atoms with van der Waals surface area (Å²) in [4.78, 5) is 32.9. The van der Waals surface area contributed by atoms with Gasteiger partial charge in [-0.25, -0.2) is 0 Å². The number of hydrogen-bond donors (Lipinski definition) is 2. The van der Waals surface area contributed by atoms with Crippen LogP contribution in [0.2, 0.25) is 4.34 Å². The average Bonchev–Trinajstić information content (AvgIpc) is 3.57. The first-order chi connectivity index (χ1) is 16.9. The summed E-state index contributed by atoms with van der Waals surface area (Å²) in [6.45, 7) is 3.31. The summed E-state index contributed by atoms with van der Waals surface area (Å²) < 4.78 is 11.9. The van der Waals surface area contributed by atoms with Gasteiger partial charge in [0.1, 0.15) is 18.0 Å². The van der Waals surface area contributed by atoms with E-state index in [2.05, 4.69) is 15.6 Å². The predicted molar refractivity (Wildman–Crippen MR) is 133 cm³/mol. The molecular formula is C24H24ClN5O4S. The van der Waals surface area contributed by atoms with Gasteiger partial charge in [-0.05, 0) is 55.7 Å². The van der Waals surface area contributed by atoms with Gasteiger partial charge in [0.15, 0.2) is 0 Å². The van der Waals surface area contributed by atoms with Gasteiger partial charge in [-0.3, -0.25) is 9.59 Å². The number of nitrogens with one attached hydrogen (secondary N) is 2. The van der Waals surface area contributed by atoms with Crippen LogP contribution in [0.1, 0.15) is 34.5 Å². The third-order valence-corrected chi connectivity index (χ3v) is 7.90. The standard InChI is InChI=1S/C24H24ClN5O4S/c1-14-10-15(2-4-17(14)30-8-9-33-12-21(30)27-13-26)28-23(32)24(11-16-3-6-19(24)34-16)29-22(31)18-5-7-20(25)35-18/h2,4-5,7,10,16,19H,3,6,8-9,11-12H2,1H3,(H,28,32)(H,29,31). The van der Waals surface area contributed by atoms with Crippen LogP contribution < -0.4 is 15.5 Å². The third-order valence-electron chi connectivity index (χ3n) is 6.67. The normalized spacial score (nSPS) is 26.5. The number of ether oxygens (including phenoxy) is 2. The Morgan fingerprint density at radius 2 is 2.17 bits per heavy atom. The molecule has 0 aliphatic carbocycles. The minimum Gasteiger partial charge on any atom is -0.372 e. The smallest absolute Gasteiger partial charge is 0.262 e. The topological polar surface area (TPSA) is 116 Å². The van der Waals surface area contributed by atoms with Crippen LogP contribution in [0.3, 0.4) is 0 Å². The number of aryl methyl sites for hydroxylation is 1. The van der Waals surface area contributed by atoms with Gasteiger partial charge in [0.05, 0.1) is 28.0 Å². The number of aliphatic imine (C=N–C) groups is 1. The second kappa shape index (κ2) is 9.59. The number of fused-ring (bicyclic) bond motifs is 2. The first-order valence-corrected chi connectivity index (χ1v) is 12.6. The molecule has 1 aromatic carbocycles. The molecule has 0 radical (unpaired) electrons. The summed E-state index contributed by atoms with van der Waals surface area (Å²) in [7, 11) is 0. The summed E-state index contributed by atoms with van der Waals surface area (Å²) in [5.74, 6) is -0.0876. The number of hydrogen-bond acceptors (Lipinski definition) is 7. The van der Waals surface area contributed by atoms with Crippen LogP contribution in [0, 0.1) is 18.4 Å². The molecule has 3 fully saturated rings. The minimum atomic E-state index is -1.15. The van der Waals surface area contributed by atoms with Crippen LogP contribution in [0.15, 0.2) is 35.3 Å². The average molecular weight is 514 g/mol. The van der Waals surface area contributed by atoms with Crippen molar-refractivity contribution in [3.05, 3.63) is 45.1 Å². The number of morpholine rings is 1. The maximum Gasteiger partial charge on any atom is 0.262 e. The first kappa shape index (κ1) is 23.8. The van der Waals surface area contributed by atoms with E-state index in [0.717, 1.165) is 17.7 Å². The fraction of sp³-hybridized carbons (Fsp3) is 0.417. The molecule has 182 valence electrons. The predicted octanol–water partition coefficient (Wildman–Crippen LogP) is 3.48. The monoisotopic (exact) mass is 513 g/mol. The van der Waals surface area contributed by atoms with Crippen molar-refractivity contribution in [2.24, 2.45) is 4.99 Å². The number of amides is 2. The van der Waals surface area contributed by atoms with E-state index in [1.54, 1.807) is 12.1 Å². The van der Waals surface area contributed by atoms with Crippen molar-refractivity contribution in [3.63, 3.8) is 0 Å². The Hall–Kier alpha value is -2.97. The zero-order valence-corrected chi connectivity index (χ0v) is 20.6. The molecule has 3 saturated heterocycles. The zero-order valence-electron chi connectivity index (χ0n) is 19.0. The van der Waals surface area contributed by atoms with Gasteiger partial charge < -0.3 is 25.0 Å². The van der Waals surface area contributed by atoms with Crippen molar-refractivity contribution in [2.75, 3.05) is 30.0 Å². The number of rotatable bonds is 5. The second-order valence-corrected chi connectivity index (χ2v) is 10.6. The number of carbonyl (C=O) groups excluding carboxylic acids is 2. The molecule has 0 spiro atoms. The lowest BCUT2D eigenvalue weighted by atomic mass is 9.80. The molecule has 3 aliphatic heterocycles. The van der Waals surface area contributed by atoms with E-state index in [9.17, 15) is 9.59 Å². The number of halogens is 1. The fourth-order valence-corrected chi connectivity index (χ4v) is 5.99. The molecular weight excluding hydrogens is 490 g/mol. The van der Waals surface area contributed by atoms with Crippen molar-refractivity contribution in [2.45, 2.75) is 43.9 Å². The van der Waals surface area contributed by atoms with E-state index in [1.807, 2.05) is 36.2 Å². The van der Waals surface area contributed by atoms with Crippen molar-refractivity contribution in [3.8, 4) is 6.19 Å². The van der Waals surface area contributed by atoms with Crippen molar-refractivity contribution in [1.29, 1.82) is 5.26 Å². The molecule has 2 aromatic rings. The molecule has 0 saturated carbocycles. The third kappa shape index (κ3) is 4.52. The number of anilines is 2. The number of benzene rings is 1. The summed E-state index contributed by atoms with van der Waals surface area (Å²) in [6.07, 6.45) is 3.40. The highest BCUT2D eigenvalue weighted by Gasteiger charge is 2.58. The Balaban J connectivity index is 1.37. The van der Waals surface area contributed by atoms with Crippen LogP contribution >= 0.6 is 22.9 Å². The number of nitriles is 1. The van der Waals surface area contributed by atoms with Crippen LogP contribution in [-0.4, -0.2) is 55.2 Å². The molecule has 2 amide bonds. The summed E-state index contributed by atoms with van der Waals surface area (Å²) in [5, 5.41) is 15.0. The van der Waals surface area contributed by atoms with Gasteiger partial charge in [0.2, 0.25) is 6.19 Å². The lowest BCUT2D eigenvalue weighted by molar-refractivity contribution is -0.124. The lowest BCUT2D eigenvalue weighted by Gasteiger charge is -2.35. The molecule has 9 nitrogen and oxygen atoms in total. The Morgan fingerprint density at radius 1 is 1.31 bits per heavy atom. The Morgan fingerprint density at radius 3 is 2.83 bits per heavy atom. The van der Waals surface area contributed by atoms with Crippen LogP contribution in [0.4, 0.5) is 11.4 Å². The molecule has 2 bridgehead atoms. The van der Waals surface area contributed by atoms with Crippen LogP contribution in [-0.2, 0) is 14.3 Å². The van der Waals surface area contributed by atoms with Gasteiger partial charge in [-0.1, -0.05) is 11.6 Å². The number of nitrogens with zero attached hydrogens (tertiary/aromatic N) is 3. The molecule has 3 unspecified atom stereocenters. The second-order valence-electron chi connectivity index (χ2n) is 8.85. The quantitative estimate of drug-likeness (QED) is 0.591. The molecule has 1 aromatic heterocycles. The van der Waals surface area contributed by atoms with E-state index in [0.29, 0.717) is 46.7 Å². The molecule has 11 heteroatoms. The van der Waals surface area contributed by atoms with Crippen molar-refractivity contribution in [1.82, 2.24) is 5.32 Å².